The van der Waals surface area contributed by atoms with Crippen molar-refractivity contribution in [1.29, 1.82) is 0 Å². The van der Waals surface area contributed by atoms with E-state index in [1.165, 1.54) is 0 Å². The molecule has 0 bridgehead atoms. The summed E-state index contributed by atoms with van der Waals surface area (Å²) in [5.74, 6) is 0.433. The highest BCUT2D eigenvalue weighted by Gasteiger charge is 2.31. The number of rotatable bonds is 2. The van der Waals surface area contributed by atoms with Gasteiger partial charge in [-0.2, -0.15) is 4.31 Å². The molecule has 0 radical (unpaired) electrons. The highest BCUT2D eigenvalue weighted by atomic mass is 32.2. The van der Waals surface area contributed by atoms with Gasteiger partial charge in [-0.1, -0.05) is 6.92 Å². The van der Waals surface area contributed by atoms with E-state index in [-0.39, 0.29) is 0 Å². The van der Waals surface area contributed by atoms with Crippen molar-refractivity contribution in [3.8, 4) is 0 Å². The number of benzene rings is 1. The van der Waals surface area contributed by atoms with Crippen molar-refractivity contribution >= 4 is 15.7 Å². The number of nitrogen functional groups attached to an aromatic ring is 1. The second-order valence-electron chi connectivity index (χ2n) is 5.22. The Balaban J connectivity index is 2.48. The second-order valence-corrected chi connectivity index (χ2v) is 7.12. The zero-order chi connectivity index (χ0) is 13.5. The molecule has 0 amide bonds. The molecule has 1 heterocycles. The number of anilines is 1. The number of nitrogens with zero attached hydrogens (tertiary/aromatic N) is 1. The van der Waals surface area contributed by atoms with Crippen molar-refractivity contribution in [1.82, 2.24) is 4.31 Å². The zero-order valence-corrected chi connectivity index (χ0v) is 11.9. The molecule has 1 unspecified atom stereocenters. The summed E-state index contributed by atoms with van der Waals surface area (Å²) in [6.07, 6.45) is 0.930. The Bertz CT molecular complexity index is 567. The number of nitrogens with two attached hydrogens (primary N) is 1. The van der Waals surface area contributed by atoms with E-state index >= 15 is 0 Å². The van der Waals surface area contributed by atoms with E-state index in [1.54, 1.807) is 16.4 Å². The molecule has 0 aliphatic carbocycles. The van der Waals surface area contributed by atoms with Crippen LogP contribution in [0.15, 0.2) is 17.0 Å². The molecule has 1 aromatic rings. The van der Waals surface area contributed by atoms with Crippen LogP contribution >= 0.6 is 0 Å². The minimum Gasteiger partial charge on any atom is -0.399 e. The zero-order valence-electron chi connectivity index (χ0n) is 11.1. The maximum atomic E-state index is 12.6. The van der Waals surface area contributed by atoms with Crippen molar-refractivity contribution < 1.29 is 8.42 Å². The van der Waals surface area contributed by atoms with Crippen LogP contribution in [0.3, 0.4) is 0 Å². The van der Waals surface area contributed by atoms with Gasteiger partial charge in [0.1, 0.15) is 0 Å². The standard InChI is InChI=1S/C13H20N2O2S/c1-9-4-5-15(8-9)18(16,17)13-7-12(14)6-10(2)11(13)3/h6-7,9H,4-5,8,14H2,1-3H3. The highest BCUT2D eigenvalue weighted by molar-refractivity contribution is 7.89. The van der Waals surface area contributed by atoms with Gasteiger partial charge < -0.3 is 5.73 Å². The van der Waals surface area contributed by atoms with Gasteiger partial charge in [-0.25, -0.2) is 8.42 Å². The Morgan fingerprint density at radius 3 is 2.56 bits per heavy atom. The maximum Gasteiger partial charge on any atom is 0.243 e. The van der Waals surface area contributed by atoms with Crippen LogP contribution in [0.25, 0.3) is 0 Å². The molecule has 4 nitrogen and oxygen atoms in total. The van der Waals surface area contributed by atoms with E-state index in [4.69, 9.17) is 5.73 Å². The Labute approximate surface area is 109 Å². The van der Waals surface area contributed by atoms with E-state index in [2.05, 4.69) is 6.92 Å². The van der Waals surface area contributed by atoms with E-state index in [0.717, 1.165) is 17.5 Å². The average molecular weight is 268 g/mol. The lowest BCUT2D eigenvalue weighted by atomic mass is 10.1. The smallest absolute Gasteiger partial charge is 0.243 e. The third-order valence-electron chi connectivity index (χ3n) is 3.65. The van der Waals surface area contributed by atoms with Gasteiger partial charge in [0.2, 0.25) is 10.0 Å². The third kappa shape index (κ3) is 2.24. The minimum atomic E-state index is -3.39. The molecule has 0 saturated carbocycles. The van der Waals surface area contributed by atoms with Crippen molar-refractivity contribution in [3.05, 3.63) is 23.3 Å². The molecular weight excluding hydrogens is 248 g/mol. The predicted octanol–water partition coefficient (Wildman–Crippen LogP) is 1.92. The summed E-state index contributed by atoms with van der Waals surface area (Å²) in [6.45, 7) is 7.01. The molecule has 1 aliphatic rings. The van der Waals surface area contributed by atoms with Gasteiger partial charge in [-0.05, 0) is 49.4 Å². The van der Waals surface area contributed by atoms with Crippen LogP contribution in [0.4, 0.5) is 5.69 Å². The number of hydrogen-bond acceptors (Lipinski definition) is 3. The monoisotopic (exact) mass is 268 g/mol. The van der Waals surface area contributed by atoms with Crippen LogP contribution in [0.5, 0.6) is 0 Å². The third-order valence-corrected chi connectivity index (χ3v) is 5.64. The highest BCUT2D eigenvalue weighted by Crippen LogP contribution is 2.28. The second kappa shape index (κ2) is 4.55. The van der Waals surface area contributed by atoms with Crippen LogP contribution in [-0.4, -0.2) is 25.8 Å². The van der Waals surface area contributed by atoms with Crippen LogP contribution in [0.1, 0.15) is 24.5 Å². The fraction of sp³-hybridized carbons (Fsp3) is 0.538. The van der Waals surface area contributed by atoms with E-state index < -0.39 is 10.0 Å². The van der Waals surface area contributed by atoms with Crippen molar-refractivity contribution in [3.63, 3.8) is 0 Å². The van der Waals surface area contributed by atoms with Gasteiger partial charge in [-0.15, -0.1) is 0 Å². The van der Waals surface area contributed by atoms with Gasteiger partial charge in [0.05, 0.1) is 4.90 Å². The minimum absolute atomic E-state index is 0.356. The molecule has 100 valence electrons. The van der Waals surface area contributed by atoms with E-state index in [9.17, 15) is 8.42 Å². The maximum absolute atomic E-state index is 12.6. The Morgan fingerprint density at radius 1 is 1.33 bits per heavy atom. The summed E-state index contributed by atoms with van der Waals surface area (Å²) in [6, 6.07) is 3.38. The first-order valence-electron chi connectivity index (χ1n) is 6.19. The molecule has 1 saturated heterocycles. The topological polar surface area (TPSA) is 63.4 Å². The Kier molecular flexibility index (Phi) is 3.38. The van der Waals surface area contributed by atoms with Crippen molar-refractivity contribution in [2.75, 3.05) is 18.8 Å². The quantitative estimate of drug-likeness (QED) is 0.833. The summed E-state index contributed by atoms with van der Waals surface area (Å²) in [4.78, 5) is 0.356. The molecule has 1 aliphatic heterocycles. The number of hydrogen-bond donors (Lipinski definition) is 1. The lowest BCUT2D eigenvalue weighted by Gasteiger charge is -2.19. The van der Waals surface area contributed by atoms with E-state index in [1.807, 2.05) is 13.8 Å². The molecule has 1 aromatic carbocycles. The summed E-state index contributed by atoms with van der Waals surface area (Å²) in [5.41, 5.74) is 7.98. The summed E-state index contributed by atoms with van der Waals surface area (Å²) in [7, 11) is -3.39. The van der Waals surface area contributed by atoms with Gasteiger partial charge in [0.15, 0.2) is 0 Å². The predicted molar refractivity (Wildman–Crippen MR) is 72.9 cm³/mol. The summed E-state index contributed by atoms with van der Waals surface area (Å²) in [5, 5.41) is 0. The number of aryl methyl sites for hydroxylation is 1. The van der Waals surface area contributed by atoms with Gasteiger partial charge in [0.25, 0.3) is 0 Å². The van der Waals surface area contributed by atoms with E-state index in [0.29, 0.717) is 29.6 Å². The molecule has 2 N–H and O–H groups in total. The summed E-state index contributed by atoms with van der Waals surface area (Å²) >= 11 is 0. The van der Waals surface area contributed by atoms with Crippen LogP contribution in [-0.2, 0) is 10.0 Å². The number of sulfonamides is 1. The van der Waals surface area contributed by atoms with Crippen LogP contribution in [0.2, 0.25) is 0 Å². The molecular formula is C13H20N2O2S. The van der Waals surface area contributed by atoms with Crippen molar-refractivity contribution in [2.45, 2.75) is 32.1 Å². The van der Waals surface area contributed by atoms with Gasteiger partial charge >= 0.3 is 0 Å². The Morgan fingerprint density at radius 2 is 2.00 bits per heavy atom. The molecule has 1 fully saturated rings. The largest absolute Gasteiger partial charge is 0.399 e. The molecule has 0 aromatic heterocycles. The lowest BCUT2D eigenvalue weighted by Crippen LogP contribution is -2.29. The Hall–Kier alpha value is -1.07. The first-order chi connectivity index (χ1) is 8.32. The lowest BCUT2D eigenvalue weighted by molar-refractivity contribution is 0.464. The van der Waals surface area contributed by atoms with Gasteiger partial charge in [-0.3, -0.25) is 0 Å². The molecule has 18 heavy (non-hydrogen) atoms. The fourth-order valence-electron chi connectivity index (χ4n) is 2.37. The molecule has 0 spiro atoms. The normalized spacial score (nSPS) is 21.4. The summed E-state index contributed by atoms with van der Waals surface area (Å²) < 4.78 is 26.7. The average Bonchev–Trinajstić information content (AvgIpc) is 2.70. The molecule has 5 heteroatoms. The first-order valence-corrected chi connectivity index (χ1v) is 7.63. The first kappa shape index (κ1) is 13.4. The SMILES string of the molecule is Cc1cc(N)cc(S(=O)(=O)N2CCC(C)C2)c1C. The van der Waals surface area contributed by atoms with Crippen LogP contribution in [0, 0.1) is 19.8 Å². The molecule has 2 rings (SSSR count). The molecule has 1 atom stereocenters. The van der Waals surface area contributed by atoms with Crippen LogP contribution < -0.4 is 5.73 Å². The fourth-order valence-corrected chi connectivity index (χ4v) is 4.28. The van der Waals surface area contributed by atoms with Crippen molar-refractivity contribution in [2.24, 2.45) is 5.92 Å². The van der Waals surface area contributed by atoms with Gasteiger partial charge in [0, 0.05) is 18.8 Å².